The molecule has 0 fully saturated rings. The van der Waals surface area contributed by atoms with E-state index >= 15 is 0 Å². The van der Waals surface area contributed by atoms with E-state index in [0.717, 1.165) is 23.3 Å². The molecule has 0 saturated carbocycles. The lowest BCUT2D eigenvalue weighted by Gasteiger charge is -2.16. The van der Waals surface area contributed by atoms with Crippen molar-refractivity contribution in [3.8, 4) is 17.1 Å². The Bertz CT molecular complexity index is 941. The second kappa shape index (κ2) is 4.44. The number of H-pyrrole nitrogens is 1. The molecule has 110 valence electrons. The first-order chi connectivity index (χ1) is 10.5. The fraction of sp³-hybridized carbons (Fsp3) is 0.222. The quantitative estimate of drug-likeness (QED) is 0.748. The van der Waals surface area contributed by atoms with Crippen LogP contribution in [0.15, 0.2) is 47.3 Å². The number of hydrogen-bond donors (Lipinski definition) is 1. The van der Waals surface area contributed by atoms with Gasteiger partial charge in [0.05, 0.1) is 10.9 Å². The molecular weight excluding hydrogens is 276 g/mol. The van der Waals surface area contributed by atoms with Gasteiger partial charge >= 0.3 is 0 Å². The number of benzene rings is 2. The molecule has 2 heterocycles. The van der Waals surface area contributed by atoms with Crippen molar-refractivity contribution in [1.82, 2.24) is 9.97 Å². The summed E-state index contributed by atoms with van der Waals surface area (Å²) in [6.45, 7) is 4.14. The molecule has 0 saturated heterocycles. The minimum absolute atomic E-state index is 0.113. The highest BCUT2D eigenvalue weighted by atomic mass is 16.5. The second-order valence-electron chi connectivity index (χ2n) is 6.29. The molecule has 4 nitrogen and oxygen atoms in total. The number of aromatic nitrogens is 2. The van der Waals surface area contributed by atoms with Gasteiger partial charge < -0.3 is 9.72 Å². The first kappa shape index (κ1) is 13.1. The van der Waals surface area contributed by atoms with Crippen molar-refractivity contribution in [2.75, 3.05) is 0 Å². The molecule has 1 aliphatic rings. The van der Waals surface area contributed by atoms with Gasteiger partial charge in [-0.2, -0.15) is 0 Å². The third kappa shape index (κ3) is 2.08. The maximum absolute atomic E-state index is 12.2. The van der Waals surface area contributed by atoms with Crippen LogP contribution in [0.1, 0.15) is 19.4 Å². The van der Waals surface area contributed by atoms with Gasteiger partial charge in [0.1, 0.15) is 17.2 Å². The Morgan fingerprint density at radius 2 is 2.00 bits per heavy atom. The van der Waals surface area contributed by atoms with Crippen LogP contribution in [0.3, 0.4) is 0 Å². The number of fused-ring (bicyclic) bond motifs is 2. The van der Waals surface area contributed by atoms with Crippen molar-refractivity contribution >= 4 is 10.9 Å². The largest absolute Gasteiger partial charge is 0.487 e. The van der Waals surface area contributed by atoms with Crippen molar-refractivity contribution in [3.63, 3.8) is 0 Å². The van der Waals surface area contributed by atoms with E-state index < -0.39 is 0 Å². The summed E-state index contributed by atoms with van der Waals surface area (Å²) in [4.78, 5) is 19.6. The molecule has 3 aromatic rings. The Morgan fingerprint density at radius 1 is 1.18 bits per heavy atom. The van der Waals surface area contributed by atoms with E-state index in [4.69, 9.17) is 4.74 Å². The first-order valence-corrected chi connectivity index (χ1v) is 7.33. The lowest BCUT2D eigenvalue weighted by atomic mass is 10.00. The number of para-hydroxylation sites is 1. The topological polar surface area (TPSA) is 55.0 Å². The summed E-state index contributed by atoms with van der Waals surface area (Å²) in [5.74, 6) is 1.51. The van der Waals surface area contributed by atoms with Gasteiger partial charge in [0.25, 0.3) is 5.56 Å². The molecule has 0 amide bonds. The van der Waals surface area contributed by atoms with Crippen molar-refractivity contribution in [2.24, 2.45) is 0 Å². The first-order valence-electron chi connectivity index (χ1n) is 7.33. The van der Waals surface area contributed by atoms with Crippen molar-refractivity contribution < 1.29 is 4.74 Å². The predicted octanol–water partition coefficient (Wildman–Crippen LogP) is 3.30. The van der Waals surface area contributed by atoms with Crippen molar-refractivity contribution in [3.05, 3.63) is 58.4 Å². The van der Waals surface area contributed by atoms with Gasteiger partial charge in [0.15, 0.2) is 0 Å². The monoisotopic (exact) mass is 292 g/mol. The van der Waals surface area contributed by atoms with E-state index in [-0.39, 0.29) is 11.2 Å². The zero-order valence-electron chi connectivity index (χ0n) is 12.5. The van der Waals surface area contributed by atoms with Gasteiger partial charge in [-0.15, -0.1) is 0 Å². The SMILES string of the molecule is CC1(C)Cc2cc(-c3nc4ccccc4c(=O)[nH]3)ccc2O1. The number of rotatable bonds is 1. The van der Waals surface area contributed by atoms with E-state index in [9.17, 15) is 4.79 Å². The smallest absolute Gasteiger partial charge is 0.259 e. The van der Waals surface area contributed by atoms with Crippen LogP contribution in [0.25, 0.3) is 22.3 Å². The highest BCUT2D eigenvalue weighted by Crippen LogP contribution is 2.36. The van der Waals surface area contributed by atoms with Gasteiger partial charge in [-0.25, -0.2) is 4.98 Å². The highest BCUT2D eigenvalue weighted by Gasteiger charge is 2.30. The Balaban J connectivity index is 1.85. The third-order valence-corrected chi connectivity index (χ3v) is 3.95. The zero-order chi connectivity index (χ0) is 15.3. The molecule has 22 heavy (non-hydrogen) atoms. The van der Waals surface area contributed by atoms with Crippen LogP contribution in [-0.2, 0) is 6.42 Å². The molecule has 2 aromatic carbocycles. The van der Waals surface area contributed by atoms with Crippen LogP contribution in [0, 0.1) is 0 Å². The molecule has 4 rings (SSSR count). The maximum Gasteiger partial charge on any atom is 0.259 e. The van der Waals surface area contributed by atoms with Crippen LogP contribution in [0.5, 0.6) is 5.75 Å². The van der Waals surface area contributed by atoms with Gasteiger partial charge in [0, 0.05) is 12.0 Å². The number of nitrogens with one attached hydrogen (secondary N) is 1. The average Bonchev–Trinajstić information content (AvgIpc) is 2.80. The van der Waals surface area contributed by atoms with Crippen molar-refractivity contribution in [2.45, 2.75) is 25.9 Å². The van der Waals surface area contributed by atoms with Crippen LogP contribution in [-0.4, -0.2) is 15.6 Å². The Kier molecular flexibility index (Phi) is 2.64. The summed E-state index contributed by atoms with van der Waals surface area (Å²) in [5, 5.41) is 0.608. The summed E-state index contributed by atoms with van der Waals surface area (Å²) in [6.07, 6.45) is 0.855. The van der Waals surface area contributed by atoms with Crippen LogP contribution >= 0.6 is 0 Å². The normalized spacial score (nSPS) is 15.5. The van der Waals surface area contributed by atoms with Crippen molar-refractivity contribution in [1.29, 1.82) is 0 Å². The molecule has 0 spiro atoms. The molecular formula is C18H16N2O2. The summed E-state index contributed by atoms with van der Waals surface area (Å²) in [6, 6.07) is 13.3. The van der Waals surface area contributed by atoms with Gasteiger partial charge in [-0.05, 0) is 49.7 Å². The standard InChI is InChI=1S/C18H16N2O2/c1-18(2)10-12-9-11(7-8-15(12)22-18)16-19-14-6-4-3-5-13(14)17(21)20-16/h3-9H,10H2,1-2H3,(H,19,20,21). The van der Waals surface area contributed by atoms with E-state index in [1.54, 1.807) is 6.07 Å². The fourth-order valence-electron chi connectivity index (χ4n) is 2.98. The summed E-state index contributed by atoms with van der Waals surface area (Å²) >= 11 is 0. The average molecular weight is 292 g/mol. The molecule has 0 bridgehead atoms. The van der Waals surface area contributed by atoms with E-state index in [0.29, 0.717) is 16.7 Å². The number of ether oxygens (including phenoxy) is 1. The zero-order valence-corrected chi connectivity index (χ0v) is 12.5. The van der Waals surface area contributed by atoms with Crippen LogP contribution < -0.4 is 10.3 Å². The molecule has 0 unspecified atom stereocenters. The summed E-state index contributed by atoms with van der Waals surface area (Å²) in [7, 11) is 0. The number of aromatic amines is 1. The van der Waals surface area contributed by atoms with Crippen LogP contribution in [0.2, 0.25) is 0 Å². The molecule has 0 radical (unpaired) electrons. The van der Waals surface area contributed by atoms with E-state index in [1.165, 1.54) is 0 Å². The lowest BCUT2D eigenvalue weighted by Crippen LogP contribution is -2.24. The van der Waals surface area contributed by atoms with Gasteiger partial charge in [-0.3, -0.25) is 4.79 Å². The predicted molar refractivity (Wildman–Crippen MR) is 86.2 cm³/mol. The van der Waals surface area contributed by atoms with Gasteiger partial charge in [0.2, 0.25) is 0 Å². The second-order valence-corrected chi connectivity index (χ2v) is 6.29. The van der Waals surface area contributed by atoms with Gasteiger partial charge in [-0.1, -0.05) is 12.1 Å². The van der Waals surface area contributed by atoms with Crippen LogP contribution in [0.4, 0.5) is 0 Å². The summed E-state index contributed by atoms with van der Waals surface area (Å²) < 4.78 is 5.89. The Hall–Kier alpha value is -2.62. The number of nitrogens with zero attached hydrogens (tertiary/aromatic N) is 1. The lowest BCUT2D eigenvalue weighted by molar-refractivity contribution is 0.138. The Labute approximate surface area is 127 Å². The Morgan fingerprint density at radius 3 is 2.86 bits per heavy atom. The minimum atomic E-state index is -0.175. The number of hydrogen-bond acceptors (Lipinski definition) is 3. The molecule has 1 aromatic heterocycles. The fourth-order valence-corrected chi connectivity index (χ4v) is 2.98. The minimum Gasteiger partial charge on any atom is -0.487 e. The molecule has 0 aliphatic carbocycles. The summed E-state index contributed by atoms with van der Waals surface area (Å²) in [5.41, 5.74) is 2.47. The molecule has 4 heteroatoms. The van der Waals surface area contributed by atoms with E-state index in [2.05, 4.69) is 29.9 Å². The molecule has 1 N–H and O–H groups in total. The maximum atomic E-state index is 12.2. The highest BCUT2D eigenvalue weighted by molar-refractivity contribution is 5.79. The third-order valence-electron chi connectivity index (χ3n) is 3.95. The molecule has 1 aliphatic heterocycles. The molecule has 0 atom stereocenters. The van der Waals surface area contributed by atoms with E-state index in [1.807, 2.05) is 30.3 Å².